The van der Waals surface area contributed by atoms with Gasteiger partial charge in [0.05, 0.1) is 12.4 Å². The topological polar surface area (TPSA) is 41.5 Å². The summed E-state index contributed by atoms with van der Waals surface area (Å²) in [7, 11) is 0. The third kappa shape index (κ3) is 21.5. The van der Waals surface area contributed by atoms with Crippen LogP contribution in [0.2, 0.25) is 0 Å². The summed E-state index contributed by atoms with van der Waals surface area (Å²) in [4.78, 5) is 0. The van der Waals surface area contributed by atoms with Crippen molar-refractivity contribution in [3.05, 3.63) is 12.3 Å². The molecule has 3 nitrogen and oxygen atoms in total. The summed E-state index contributed by atoms with van der Waals surface area (Å²) in [6, 6.07) is 0. The summed E-state index contributed by atoms with van der Waals surface area (Å²) in [6.45, 7) is 9.52. The Kier molecular flexibility index (Phi) is 22.0. The van der Waals surface area contributed by atoms with Crippen LogP contribution in [0.5, 0.6) is 0 Å². The predicted molar refractivity (Wildman–Crippen MR) is 115 cm³/mol. The number of rotatable bonds is 22. The second-order valence-corrected chi connectivity index (χ2v) is 7.56. The van der Waals surface area contributed by atoms with Crippen molar-refractivity contribution in [2.24, 2.45) is 0 Å². The van der Waals surface area contributed by atoms with Crippen molar-refractivity contribution < 1.29 is 9.84 Å². The minimum atomic E-state index is 0.297. The van der Waals surface area contributed by atoms with E-state index >= 15 is 0 Å². The molecule has 0 aliphatic rings. The first-order valence-electron chi connectivity index (χ1n) is 11.4. The number of nitrogens with one attached hydrogen (secondary N) is 1. The van der Waals surface area contributed by atoms with Crippen LogP contribution < -0.4 is 5.32 Å². The maximum atomic E-state index is 8.69. The fourth-order valence-corrected chi connectivity index (χ4v) is 3.13. The normalized spacial score (nSPS) is 11.0. The standard InChI is InChI=1S/C23H47NO2/c1-3-4-5-6-13-16-22-26-23(2)18-14-11-9-7-8-10-12-15-19-24-20-17-21-25/h24-25H,2-22H2,1H3. The van der Waals surface area contributed by atoms with Gasteiger partial charge in [0.1, 0.15) is 0 Å². The SMILES string of the molecule is C=C(CCCCCCCCCCNCCCO)OCCCCCCCC. The third-order valence-corrected chi connectivity index (χ3v) is 4.87. The minimum absolute atomic E-state index is 0.297. The van der Waals surface area contributed by atoms with Gasteiger partial charge in [0.2, 0.25) is 0 Å². The average Bonchev–Trinajstić information content (AvgIpc) is 2.64. The first kappa shape index (κ1) is 25.5. The van der Waals surface area contributed by atoms with Crippen molar-refractivity contribution in [2.45, 2.75) is 110 Å². The quantitative estimate of drug-likeness (QED) is 0.172. The van der Waals surface area contributed by atoms with E-state index in [9.17, 15) is 0 Å². The van der Waals surface area contributed by atoms with Crippen molar-refractivity contribution in [1.29, 1.82) is 0 Å². The van der Waals surface area contributed by atoms with Gasteiger partial charge in [0.25, 0.3) is 0 Å². The Morgan fingerprint density at radius 2 is 1.27 bits per heavy atom. The van der Waals surface area contributed by atoms with Gasteiger partial charge in [-0.2, -0.15) is 0 Å². The summed E-state index contributed by atoms with van der Waals surface area (Å²) >= 11 is 0. The summed E-state index contributed by atoms with van der Waals surface area (Å²) in [5, 5.41) is 12.1. The second kappa shape index (κ2) is 22.5. The van der Waals surface area contributed by atoms with Crippen LogP contribution in [0.15, 0.2) is 12.3 Å². The predicted octanol–water partition coefficient (Wildman–Crippen LogP) is 6.36. The molecule has 2 N–H and O–H groups in total. The lowest BCUT2D eigenvalue weighted by atomic mass is 10.1. The Balaban J connectivity index is 3.12. The van der Waals surface area contributed by atoms with Gasteiger partial charge in [0, 0.05) is 13.0 Å². The first-order chi connectivity index (χ1) is 12.8. The third-order valence-electron chi connectivity index (χ3n) is 4.87. The number of ether oxygens (including phenoxy) is 1. The molecular weight excluding hydrogens is 322 g/mol. The fourth-order valence-electron chi connectivity index (χ4n) is 3.13. The number of allylic oxidation sites excluding steroid dienone is 1. The summed E-state index contributed by atoms with van der Waals surface area (Å²) in [5.74, 6) is 0.993. The lowest BCUT2D eigenvalue weighted by Gasteiger charge is -2.09. The molecule has 0 aromatic heterocycles. The molecule has 156 valence electrons. The molecule has 0 spiro atoms. The molecule has 0 aliphatic heterocycles. The Morgan fingerprint density at radius 1 is 0.731 bits per heavy atom. The highest BCUT2D eigenvalue weighted by molar-refractivity contribution is 4.81. The van der Waals surface area contributed by atoms with Gasteiger partial charge in [-0.25, -0.2) is 0 Å². The zero-order valence-electron chi connectivity index (χ0n) is 17.7. The molecule has 0 unspecified atom stereocenters. The zero-order valence-corrected chi connectivity index (χ0v) is 17.7. The summed E-state index contributed by atoms with van der Waals surface area (Å²) < 4.78 is 5.74. The zero-order chi connectivity index (χ0) is 19.1. The molecule has 0 bridgehead atoms. The monoisotopic (exact) mass is 369 g/mol. The fraction of sp³-hybridized carbons (Fsp3) is 0.913. The Morgan fingerprint density at radius 3 is 1.92 bits per heavy atom. The van der Waals surface area contributed by atoms with E-state index in [1.165, 1.54) is 89.9 Å². The largest absolute Gasteiger partial charge is 0.499 e. The van der Waals surface area contributed by atoms with E-state index in [1.807, 2.05) is 0 Å². The van der Waals surface area contributed by atoms with E-state index in [0.717, 1.165) is 38.3 Å². The Hall–Kier alpha value is -0.540. The molecular formula is C23H47NO2. The highest BCUT2D eigenvalue weighted by Crippen LogP contribution is 2.13. The van der Waals surface area contributed by atoms with Gasteiger partial charge in [-0.15, -0.1) is 0 Å². The van der Waals surface area contributed by atoms with Crippen molar-refractivity contribution in [3.63, 3.8) is 0 Å². The van der Waals surface area contributed by atoms with Gasteiger partial charge in [-0.1, -0.05) is 84.1 Å². The number of aliphatic hydroxyl groups excluding tert-OH is 1. The van der Waals surface area contributed by atoms with Crippen LogP contribution in [0, 0.1) is 0 Å². The van der Waals surface area contributed by atoms with E-state index in [0.29, 0.717) is 6.61 Å². The van der Waals surface area contributed by atoms with Crippen molar-refractivity contribution in [3.8, 4) is 0 Å². The number of aliphatic hydroxyl groups is 1. The number of hydrogen-bond acceptors (Lipinski definition) is 3. The van der Waals surface area contributed by atoms with E-state index in [2.05, 4.69) is 18.8 Å². The molecule has 0 amide bonds. The molecule has 0 aromatic carbocycles. The van der Waals surface area contributed by atoms with E-state index in [1.54, 1.807) is 0 Å². The van der Waals surface area contributed by atoms with Gasteiger partial charge >= 0.3 is 0 Å². The highest BCUT2D eigenvalue weighted by Gasteiger charge is 1.98. The molecule has 0 fully saturated rings. The van der Waals surface area contributed by atoms with Crippen molar-refractivity contribution in [2.75, 3.05) is 26.3 Å². The van der Waals surface area contributed by atoms with Crippen molar-refractivity contribution >= 4 is 0 Å². The van der Waals surface area contributed by atoms with E-state index in [4.69, 9.17) is 9.84 Å². The minimum Gasteiger partial charge on any atom is -0.499 e. The van der Waals surface area contributed by atoms with Gasteiger partial charge < -0.3 is 15.2 Å². The highest BCUT2D eigenvalue weighted by atomic mass is 16.5. The average molecular weight is 370 g/mol. The van der Waals surface area contributed by atoms with E-state index < -0.39 is 0 Å². The van der Waals surface area contributed by atoms with Crippen molar-refractivity contribution in [1.82, 2.24) is 5.32 Å². The van der Waals surface area contributed by atoms with Crippen LogP contribution in [0.3, 0.4) is 0 Å². The first-order valence-corrected chi connectivity index (χ1v) is 11.4. The summed E-state index contributed by atoms with van der Waals surface area (Å²) in [6.07, 6.45) is 20.4. The van der Waals surface area contributed by atoms with Gasteiger partial charge in [-0.05, 0) is 38.8 Å². The number of unbranched alkanes of at least 4 members (excludes halogenated alkanes) is 12. The maximum absolute atomic E-state index is 8.69. The molecule has 0 atom stereocenters. The van der Waals surface area contributed by atoms with Crippen LogP contribution in [0.1, 0.15) is 110 Å². The Labute approximate surface area is 164 Å². The lowest BCUT2D eigenvalue weighted by Crippen LogP contribution is -2.17. The molecule has 3 heteroatoms. The second-order valence-electron chi connectivity index (χ2n) is 7.56. The van der Waals surface area contributed by atoms with Gasteiger partial charge in [-0.3, -0.25) is 0 Å². The number of hydrogen-bond donors (Lipinski definition) is 2. The molecule has 0 heterocycles. The molecule has 0 saturated carbocycles. The van der Waals surface area contributed by atoms with E-state index in [-0.39, 0.29) is 0 Å². The van der Waals surface area contributed by atoms with Crippen LogP contribution in [0.4, 0.5) is 0 Å². The molecule has 0 rings (SSSR count). The smallest absolute Gasteiger partial charge is 0.0888 e. The van der Waals surface area contributed by atoms with Crippen LogP contribution in [-0.2, 0) is 4.74 Å². The molecule has 0 saturated heterocycles. The lowest BCUT2D eigenvalue weighted by molar-refractivity contribution is 0.195. The molecule has 0 aliphatic carbocycles. The van der Waals surface area contributed by atoms with Gasteiger partial charge in [0.15, 0.2) is 0 Å². The maximum Gasteiger partial charge on any atom is 0.0888 e. The van der Waals surface area contributed by atoms with Crippen LogP contribution >= 0.6 is 0 Å². The Bertz CT molecular complexity index is 281. The molecule has 0 aromatic rings. The van der Waals surface area contributed by atoms with Crippen LogP contribution in [0.25, 0.3) is 0 Å². The molecule has 26 heavy (non-hydrogen) atoms. The molecule has 0 radical (unpaired) electrons. The van der Waals surface area contributed by atoms with Crippen LogP contribution in [-0.4, -0.2) is 31.4 Å². The summed E-state index contributed by atoms with van der Waals surface area (Å²) in [5.41, 5.74) is 0.